The monoisotopic (exact) mass is 242 g/mol. The Balaban J connectivity index is 2.42. The first kappa shape index (κ1) is 12.6. The molecule has 1 aliphatic heterocycles. The lowest BCUT2D eigenvalue weighted by atomic mass is 10.1. The highest BCUT2D eigenvalue weighted by Gasteiger charge is 2.08. The van der Waals surface area contributed by atoms with Gasteiger partial charge in [0.05, 0.1) is 0 Å². The number of nitrogens with zero attached hydrogens (tertiary/aromatic N) is 1. The highest BCUT2D eigenvalue weighted by Crippen LogP contribution is 2.20. The van der Waals surface area contributed by atoms with Gasteiger partial charge in [0.1, 0.15) is 18.6 Å². The van der Waals surface area contributed by atoms with Gasteiger partial charge in [-0.25, -0.2) is 4.57 Å². The predicted octanol–water partition coefficient (Wildman–Crippen LogP) is 3.35. The summed E-state index contributed by atoms with van der Waals surface area (Å²) in [5.74, 6) is 1.88. The molecule has 0 fully saturated rings. The molecule has 1 aromatic rings. The molecule has 94 valence electrons. The number of rotatable bonds is 1. The van der Waals surface area contributed by atoms with Crippen molar-refractivity contribution >= 4 is 6.08 Å². The zero-order chi connectivity index (χ0) is 13.3. The van der Waals surface area contributed by atoms with Gasteiger partial charge < -0.3 is 4.74 Å². The molecule has 0 N–H and O–H groups in total. The molecule has 2 nitrogen and oxygen atoms in total. The number of ether oxygens (including phenoxy) is 1. The van der Waals surface area contributed by atoms with E-state index < -0.39 is 0 Å². The number of aromatic nitrogens is 1. The van der Waals surface area contributed by atoms with Crippen LogP contribution < -0.4 is 4.57 Å². The zero-order valence-electron chi connectivity index (χ0n) is 11.7. The predicted molar refractivity (Wildman–Crippen MR) is 73.7 cm³/mol. The lowest BCUT2D eigenvalue weighted by Gasteiger charge is -2.12. The fraction of sp³-hybridized carbons (Fsp3) is 0.312. The molecule has 0 unspecified atom stereocenters. The highest BCUT2D eigenvalue weighted by atomic mass is 16.5. The topological polar surface area (TPSA) is 13.1 Å². The van der Waals surface area contributed by atoms with Gasteiger partial charge in [-0.3, -0.25) is 0 Å². The Labute approximate surface area is 109 Å². The van der Waals surface area contributed by atoms with Gasteiger partial charge >= 0.3 is 0 Å². The maximum Gasteiger partial charge on any atom is 0.178 e. The lowest BCUT2D eigenvalue weighted by Crippen LogP contribution is -2.35. The third kappa shape index (κ3) is 2.70. The lowest BCUT2D eigenvalue weighted by molar-refractivity contribution is -0.683. The van der Waals surface area contributed by atoms with E-state index in [-0.39, 0.29) is 0 Å². The summed E-state index contributed by atoms with van der Waals surface area (Å²) in [6, 6.07) is 4.39. The molecule has 0 spiro atoms. The largest absolute Gasteiger partial charge is 0.467 e. The van der Waals surface area contributed by atoms with E-state index in [0.717, 1.165) is 11.5 Å². The van der Waals surface area contributed by atoms with Crippen molar-refractivity contribution < 1.29 is 9.30 Å². The first-order chi connectivity index (χ1) is 8.45. The van der Waals surface area contributed by atoms with E-state index in [9.17, 15) is 0 Å². The van der Waals surface area contributed by atoms with Crippen molar-refractivity contribution in [1.29, 1.82) is 0 Å². The van der Waals surface area contributed by atoms with Crippen LogP contribution in [-0.2, 0) is 11.8 Å². The quantitative estimate of drug-likeness (QED) is 0.688. The molecule has 0 atom stereocenters. The molecule has 2 heteroatoms. The molecule has 1 aliphatic rings. The maximum absolute atomic E-state index is 5.50. The smallest absolute Gasteiger partial charge is 0.178 e. The van der Waals surface area contributed by atoms with Crippen LogP contribution >= 0.6 is 0 Å². The molecule has 18 heavy (non-hydrogen) atoms. The number of allylic oxidation sites excluding steroid dienone is 5. The molecular formula is C16H20NO+. The molecule has 0 radical (unpaired) electrons. The molecular weight excluding hydrogens is 222 g/mol. The summed E-state index contributed by atoms with van der Waals surface area (Å²) in [4.78, 5) is 0. The highest BCUT2D eigenvalue weighted by molar-refractivity contribution is 5.60. The molecule has 2 rings (SSSR count). The van der Waals surface area contributed by atoms with Crippen molar-refractivity contribution in [1.82, 2.24) is 0 Å². The van der Waals surface area contributed by atoms with Gasteiger partial charge in [-0.1, -0.05) is 0 Å². The van der Waals surface area contributed by atoms with E-state index in [4.69, 9.17) is 4.74 Å². The number of pyridine rings is 1. The summed E-state index contributed by atoms with van der Waals surface area (Å²) in [7, 11) is 2.09. The molecule has 0 amide bonds. The van der Waals surface area contributed by atoms with Crippen LogP contribution in [0.3, 0.4) is 0 Å². The molecule has 2 heterocycles. The Morgan fingerprint density at radius 2 is 1.44 bits per heavy atom. The molecule has 0 aromatic carbocycles. The van der Waals surface area contributed by atoms with E-state index >= 15 is 0 Å². The molecule has 1 aromatic heterocycles. The van der Waals surface area contributed by atoms with Gasteiger partial charge in [0.25, 0.3) is 0 Å². The minimum atomic E-state index is 0.941. The minimum absolute atomic E-state index is 0.941. The third-order valence-electron chi connectivity index (χ3n) is 3.20. The summed E-state index contributed by atoms with van der Waals surface area (Å²) in [5.41, 5.74) is 4.93. The van der Waals surface area contributed by atoms with Gasteiger partial charge in [-0.05, 0) is 43.2 Å². The van der Waals surface area contributed by atoms with Crippen molar-refractivity contribution in [2.24, 2.45) is 7.05 Å². The van der Waals surface area contributed by atoms with E-state index in [1.807, 2.05) is 13.8 Å². The Morgan fingerprint density at radius 1 is 0.944 bits per heavy atom. The van der Waals surface area contributed by atoms with E-state index in [1.54, 1.807) is 0 Å². The summed E-state index contributed by atoms with van der Waals surface area (Å²) in [6.07, 6.45) is 6.31. The van der Waals surface area contributed by atoms with Crippen molar-refractivity contribution in [3.8, 4) is 0 Å². The zero-order valence-corrected chi connectivity index (χ0v) is 11.7. The van der Waals surface area contributed by atoms with Crippen LogP contribution in [0.2, 0.25) is 0 Å². The fourth-order valence-corrected chi connectivity index (χ4v) is 2.18. The third-order valence-corrected chi connectivity index (χ3v) is 3.20. The van der Waals surface area contributed by atoms with Crippen LogP contribution in [-0.4, -0.2) is 0 Å². The van der Waals surface area contributed by atoms with Crippen molar-refractivity contribution in [3.63, 3.8) is 0 Å². The average molecular weight is 242 g/mol. The summed E-state index contributed by atoms with van der Waals surface area (Å²) < 4.78 is 7.69. The van der Waals surface area contributed by atoms with Crippen molar-refractivity contribution in [2.75, 3.05) is 0 Å². The first-order valence-electron chi connectivity index (χ1n) is 6.19. The molecule has 0 aliphatic carbocycles. The molecule has 0 saturated carbocycles. The summed E-state index contributed by atoms with van der Waals surface area (Å²) in [6.45, 7) is 8.21. The summed E-state index contributed by atoms with van der Waals surface area (Å²) >= 11 is 0. The normalized spacial score (nSPS) is 14.8. The first-order valence-corrected chi connectivity index (χ1v) is 6.19. The second-order valence-corrected chi connectivity index (χ2v) is 4.89. The Kier molecular flexibility index (Phi) is 3.37. The van der Waals surface area contributed by atoms with E-state index in [0.29, 0.717) is 0 Å². The van der Waals surface area contributed by atoms with E-state index in [1.165, 1.54) is 22.5 Å². The molecule has 0 bridgehead atoms. The standard InChI is InChI=1S/C16H20NO/c1-11-6-15(7-12(2)17(11)5)10-16-8-13(3)18-14(4)9-16/h6-10H,1-5H3/q+1. The van der Waals surface area contributed by atoms with Gasteiger partial charge in [0.15, 0.2) is 11.4 Å². The molecule has 0 saturated heterocycles. The Bertz CT molecular complexity index is 534. The second-order valence-electron chi connectivity index (χ2n) is 4.89. The van der Waals surface area contributed by atoms with Crippen LogP contribution in [0.5, 0.6) is 0 Å². The van der Waals surface area contributed by atoms with Crippen molar-refractivity contribution in [2.45, 2.75) is 27.7 Å². The van der Waals surface area contributed by atoms with Gasteiger partial charge in [-0.15, -0.1) is 0 Å². The number of aryl methyl sites for hydroxylation is 2. The maximum atomic E-state index is 5.50. The Hall–Kier alpha value is -1.83. The average Bonchev–Trinajstić information content (AvgIpc) is 2.24. The Morgan fingerprint density at radius 3 is 1.94 bits per heavy atom. The van der Waals surface area contributed by atoms with Gasteiger partial charge in [0, 0.05) is 26.0 Å². The van der Waals surface area contributed by atoms with Crippen LogP contribution in [0.15, 0.2) is 41.4 Å². The fourth-order valence-electron chi connectivity index (χ4n) is 2.18. The van der Waals surface area contributed by atoms with E-state index in [2.05, 4.69) is 55.8 Å². The van der Waals surface area contributed by atoms with Gasteiger partial charge in [-0.2, -0.15) is 0 Å². The van der Waals surface area contributed by atoms with Gasteiger partial charge in [0.2, 0.25) is 0 Å². The van der Waals surface area contributed by atoms with Crippen LogP contribution in [0, 0.1) is 13.8 Å². The van der Waals surface area contributed by atoms with Crippen LogP contribution in [0.4, 0.5) is 0 Å². The number of hydrogen-bond acceptors (Lipinski definition) is 1. The summed E-state index contributed by atoms with van der Waals surface area (Å²) in [5, 5.41) is 0. The van der Waals surface area contributed by atoms with Crippen LogP contribution in [0.25, 0.3) is 6.08 Å². The minimum Gasteiger partial charge on any atom is -0.467 e. The number of hydrogen-bond donors (Lipinski definition) is 0. The SMILES string of the molecule is CC1=CC(=Cc2cc(C)[n+](C)c(C)c2)C=C(C)O1. The second kappa shape index (κ2) is 4.81. The van der Waals surface area contributed by atoms with Crippen LogP contribution in [0.1, 0.15) is 30.8 Å². The van der Waals surface area contributed by atoms with Crippen molar-refractivity contribution in [3.05, 3.63) is 58.3 Å².